The summed E-state index contributed by atoms with van der Waals surface area (Å²) in [6.07, 6.45) is 0. The van der Waals surface area contributed by atoms with E-state index in [1.165, 1.54) is 4.90 Å². The molecule has 1 atom stereocenters. The van der Waals surface area contributed by atoms with Crippen molar-refractivity contribution in [3.8, 4) is 5.75 Å². The van der Waals surface area contributed by atoms with Gasteiger partial charge in [0, 0.05) is 11.8 Å². The molecule has 0 spiro atoms. The van der Waals surface area contributed by atoms with E-state index < -0.39 is 11.9 Å². The van der Waals surface area contributed by atoms with Crippen LogP contribution in [0.1, 0.15) is 33.3 Å². The lowest BCUT2D eigenvalue weighted by molar-refractivity contribution is 0.0971. The lowest BCUT2D eigenvalue weighted by Crippen LogP contribution is -2.29. The minimum absolute atomic E-state index is 0.0187. The number of halogens is 2. The van der Waals surface area contributed by atoms with Crippen molar-refractivity contribution in [3.05, 3.63) is 103 Å². The molecule has 32 heavy (non-hydrogen) atoms. The fourth-order valence-electron chi connectivity index (χ4n) is 4.11. The maximum absolute atomic E-state index is 13.6. The molecule has 7 heteroatoms. The molecule has 0 N–H and O–H groups in total. The van der Waals surface area contributed by atoms with Crippen LogP contribution in [-0.2, 0) is 0 Å². The van der Waals surface area contributed by atoms with Crippen molar-refractivity contribution in [1.82, 2.24) is 0 Å². The van der Waals surface area contributed by atoms with Crippen molar-refractivity contribution in [2.45, 2.75) is 13.0 Å². The Morgan fingerprint density at radius 2 is 1.78 bits per heavy atom. The summed E-state index contributed by atoms with van der Waals surface area (Å²) in [7, 11) is 1.55. The van der Waals surface area contributed by atoms with Crippen LogP contribution in [0, 0.1) is 6.92 Å². The second kappa shape index (κ2) is 7.69. The van der Waals surface area contributed by atoms with Crippen molar-refractivity contribution in [2.75, 3.05) is 12.0 Å². The fourth-order valence-corrected chi connectivity index (χ4v) is 4.42. The molecule has 2 heterocycles. The summed E-state index contributed by atoms with van der Waals surface area (Å²) in [6.45, 7) is 1.90. The minimum Gasteiger partial charge on any atom is -0.497 e. The van der Waals surface area contributed by atoms with Crippen LogP contribution in [0.25, 0.3) is 11.0 Å². The maximum atomic E-state index is 13.6. The SMILES string of the molecule is COc1cccc(N2C(=O)c3oc4ccc(C)cc4c(=O)c3C2c2ccc(Cl)c(Cl)c2)c1. The molecule has 0 aliphatic carbocycles. The zero-order valence-corrected chi connectivity index (χ0v) is 18.7. The number of hydrogen-bond acceptors (Lipinski definition) is 4. The van der Waals surface area contributed by atoms with Crippen molar-refractivity contribution in [2.24, 2.45) is 0 Å². The summed E-state index contributed by atoms with van der Waals surface area (Å²) >= 11 is 12.4. The van der Waals surface area contributed by atoms with E-state index in [2.05, 4.69) is 0 Å². The van der Waals surface area contributed by atoms with Gasteiger partial charge >= 0.3 is 0 Å². The standard InChI is InChI=1S/C25H17Cl2NO4/c1-13-6-9-20-17(10-13)23(29)21-22(14-7-8-18(26)19(27)11-14)28(25(30)24(21)32-20)15-4-3-5-16(12-15)31-2/h3-12,22H,1-2H3. The van der Waals surface area contributed by atoms with Gasteiger partial charge < -0.3 is 9.15 Å². The lowest BCUT2D eigenvalue weighted by Gasteiger charge is -2.25. The number of methoxy groups -OCH3 is 1. The molecular formula is C25H17Cl2NO4. The highest BCUT2D eigenvalue weighted by Gasteiger charge is 2.43. The fraction of sp³-hybridized carbons (Fsp3) is 0.120. The molecule has 5 rings (SSSR count). The van der Waals surface area contributed by atoms with Crippen molar-refractivity contribution < 1.29 is 13.9 Å². The second-order valence-electron chi connectivity index (χ2n) is 7.63. The number of nitrogens with zero attached hydrogens (tertiary/aromatic N) is 1. The smallest absolute Gasteiger partial charge is 0.295 e. The van der Waals surface area contributed by atoms with Gasteiger partial charge in [-0.25, -0.2) is 0 Å². The summed E-state index contributed by atoms with van der Waals surface area (Å²) in [6, 6.07) is 16.8. The monoisotopic (exact) mass is 465 g/mol. The van der Waals surface area contributed by atoms with Crippen molar-refractivity contribution in [3.63, 3.8) is 0 Å². The van der Waals surface area contributed by atoms with Crippen LogP contribution >= 0.6 is 23.2 Å². The Balaban J connectivity index is 1.82. The molecule has 4 aromatic rings. The van der Waals surface area contributed by atoms with Crippen molar-refractivity contribution >= 4 is 45.8 Å². The number of anilines is 1. The number of amides is 1. The Morgan fingerprint density at radius 1 is 0.969 bits per heavy atom. The first-order valence-electron chi connectivity index (χ1n) is 9.89. The highest BCUT2D eigenvalue weighted by molar-refractivity contribution is 6.42. The summed E-state index contributed by atoms with van der Waals surface area (Å²) in [4.78, 5) is 28.8. The number of aryl methyl sites for hydroxylation is 1. The molecule has 0 saturated carbocycles. The van der Waals surface area contributed by atoms with Crippen LogP contribution in [0.5, 0.6) is 5.75 Å². The zero-order chi connectivity index (χ0) is 22.6. The normalized spacial score (nSPS) is 15.3. The third-order valence-electron chi connectivity index (χ3n) is 5.62. The van der Waals surface area contributed by atoms with Crippen LogP contribution in [0.3, 0.4) is 0 Å². The van der Waals surface area contributed by atoms with E-state index >= 15 is 0 Å². The van der Waals surface area contributed by atoms with Gasteiger partial charge in [-0.15, -0.1) is 0 Å². The van der Waals surface area contributed by atoms with Crippen LogP contribution in [-0.4, -0.2) is 13.0 Å². The summed E-state index contributed by atoms with van der Waals surface area (Å²) in [5, 5.41) is 1.14. The van der Waals surface area contributed by atoms with Gasteiger partial charge in [0.2, 0.25) is 5.76 Å². The molecule has 3 aromatic carbocycles. The van der Waals surface area contributed by atoms with Gasteiger partial charge in [-0.1, -0.05) is 47.0 Å². The van der Waals surface area contributed by atoms with E-state index in [9.17, 15) is 9.59 Å². The van der Waals surface area contributed by atoms with E-state index in [-0.39, 0.29) is 16.8 Å². The first kappa shape index (κ1) is 20.6. The number of hydrogen-bond donors (Lipinski definition) is 0. The minimum atomic E-state index is -0.736. The zero-order valence-electron chi connectivity index (χ0n) is 17.2. The van der Waals surface area contributed by atoms with E-state index in [0.717, 1.165) is 5.56 Å². The number of rotatable bonds is 3. The van der Waals surface area contributed by atoms with Gasteiger partial charge in [-0.3, -0.25) is 14.5 Å². The molecule has 0 fully saturated rings. The van der Waals surface area contributed by atoms with Gasteiger partial charge in [-0.2, -0.15) is 0 Å². The molecule has 0 radical (unpaired) electrons. The van der Waals surface area contributed by atoms with Gasteiger partial charge in [0.05, 0.1) is 34.1 Å². The molecule has 0 bridgehead atoms. The molecule has 1 aliphatic heterocycles. The Labute approximate surface area is 193 Å². The molecule has 1 aliphatic rings. The van der Waals surface area contributed by atoms with Gasteiger partial charge in [0.15, 0.2) is 5.43 Å². The van der Waals surface area contributed by atoms with Crippen LogP contribution < -0.4 is 15.1 Å². The molecular weight excluding hydrogens is 449 g/mol. The Morgan fingerprint density at radius 3 is 2.53 bits per heavy atom. The average Bonchev–Trinajstić information content (AvgIpc) is 3.09. The number of carbonyl (C=O) groups is 1. The largest absolute Gasteiger partial charge is 0.497 e. The third kappa shape index (κ3) is 3.17. The lowest BCUT2D eigenvalue weighted by atomic mass is 9.98. The molecule has 1 unspecified atom stereocenters. The van der Waals surface area contributed by atoms with Gasteiger partial charge in [0.25, 0.3) is 5.91 Å². The number of carbonyl (C=O) groups excluding carboxylic acids is 1. The van der Waals surface area contributed by atoms with Crippen LogP contribution in [0.15, 0.2) is 69.9 Å². The van der Waals surface area contributed by atoms with Gasteiger partial charge in [-0.05, 0) is 48.9 Å². The predicted octanol–water partition coefficient (Wildman–Crippen LogP) is 6.17. The predicted molar refractivity (Wildman–Crippen MR) is 125 cm³/mol. The summed E-state index contributed by atoms with van der Waals surface area (Å²) in [5.74, 6) is 0.188. The Hall–Kier alpha value is -3.28. The van der Waals surface area contributed by atoms with E-state index in [4.69, 9.17) is 32.4 Å². The number of fused-ring (bicyclic) bond motifs is 2. The summed E-state index contributed by atoms with van der Waals surface area (Å²) in [5.41, 5.74) is 2.53. The molecule has 160 valence electrons. The van der Waals surface area contributed by atoms with E-state index in [1.54, 1.807) is 61.7 Å². The highest BCUT2D eigenvalue weighted by atomic mass is 35.5. The van der Waals surface area contributed by atoms with E-state index in [0.29, 0.717) is 38.0 Å². The first-order chi connectivity index (χ1) is 15.4. The Kier molecular flexibility index (Phi) is 4.96. The molecule has 1 amide bonds. The molecule has 1 aromatic heterocycles. The molecule has 0 saturated heterocycles. The number of benzene rings is 3. The van der Waals surface area contributed by atoms with Crippen molar-refractivity contribution in [1.29, 1.82) is 0 Å². The Bertz CT molecular complexity index is 1460. The average molecular weight is 466 g/mol. The first-order valence-corrected chi connectivity index (χ1v) is 10.6. The van der Waals surface area contributed by atoms with Gasteiger partial charge in [0.1, 0.15) is 11.3 Å². The maximum Gasteiger partial charge on any atom is 0.295 e. The summed E-state index contributed by atoms with van der Waals surface area (Å²) < 4.78 is 11.3. The number of ether oxygens (including phenoxy) is 1. The second-order valence-corrected chi connectivity index (χ2v) is 8.44. The van der Waals surface area contributed by atoms with Crippen LogP contribution in [0.2, 0.25) is 10.0 Å². The highest BCUT2D eigenvalue weighted by Crippen LogP contribution is 2.43. The van der Waals surface area contributed by atoms with Crippen LogP contribution in [0.4, 0.5) is 5.69 Å². The topological polar surface area (TPSA) is 59.8 Å². The van der Waals surface area contributed by atoms with E-state index in [1.807, 2.05) is 13.0 Å². The third-order valence-corrected chi connectivity index (χ3v) is 6.36. The quantitative estimate of drug-likeness (QED) is 0.363. The molecule has 5 nitrogen and oxygen atoms in total.